The van der Waals surface area contributed by atoms with E-state index in [-0.39, 0.29) is 5.41 Å². The largest absolute Gasteiger partial charge is 0.309 e. The normalized spacial score (nSPS) is 13.1. The summed E-state index contributed by atoms with van der Waals surface area (Å²) < 4.78 is 3.66. The lowest BCUT2D eigenvalue weighted by Gasteiger charge is -2.22. The Morgan fingerprint density at radius 2 is 1.07 bits per heavy atom. The molecule has 1 aliphatic carbocycles. The van der Waals surface area contributed by atoms with E-state index >= 15 is 0 Å². The minimum absolute atomic E-state index is 0.177. The van der Waals surface area contributed by atoms with Crippen molar-refractivity contribution in [2.24, 2.45) is 0 Å². The number of thiazole rings is 1. The van der Waals surface area contributed by atoms with Crippen LogP contribution in [0.5, 0.6) is 0 Å². The monoisotopic (exact) mass is 723 g/mol. The molecule has 0 atom stereocenters. The van der Waals surface area contributed by atoms with Crippen molar-refractivity contribution in [2.45, 2.75) is 19.3 Å². The van der Waals surface area contributed by atoms with E-state index in [9.17, 15) is 0 Å². The van der Waals surface area contributed by atoms with Crippen LogP contribution in [0.2, 0.25) is 0 Å². The third-order valence-electron chi connectivity index (χ3n) is 11.1. The van der Waals surface area contributed by atoms with E-state index in [0.29, 0.717) is 17.5 Å². The lowest BCUT2D eigenvalue weighted by atomic mass is 9.82. The molecule has 55 heavy (non-hydrogen) atoms. The van der Waals surface area contributed by atoms with Gasteiger partial charge in [0.15, 0.2) is 17.5 Å². The van der Waals surface area contributed by atoms with E-state index in [4.69, 9.17) is 19.9 Å². The van der Waals surface area contributed by atoms with Crippen molar-refractivity contribution in [3.63, 3.8) is 0 Å². The summed E-state index contributed by atoms with van der Waals surface area (Å²) >= 11 is 1.79. The third kappa shape index (κ3) is 4.99. The van der Waals surface area contributed by atoms with Gasteiger partial charge in [-0.05, 0) is 59.2 Å². The summed E-state index contributed by atoms with van der Waals surface area (Å²) in [6.45, 7) is 4.71. The van der Waals surface area contributed by atoms with Crippen molar-refractivity contribution in [2.75, 3.05) is 0 Å². The standard InChI is InChI=1S/C49H33N5S/c1-49(2)38-25-26-40-44(55-48(50-40)32-18-10-5-11-19-32)43(38)36-24-23-34(29-39(36)49)54-41-21-13-12-20-35(41)37-28-33(22-27-42(37)54)47-52-45(30-14-6-3-7-15-30)51-46(53-47)31-16-8-4-9-17-31/h3-29H,1-2H3. The van der Waals surface area contributed by atoms with E-state index in [1.807, 2.05) is 60.7 Å². The van der Waals surface area contributed by atoms with Gasteiger partial charge in [0, 0.05) is 49.7 Å². The van der Waals surface area contributed by atoms with Crippen LogP contribution in [-0.2, 0) is 5.41 Å². The Morgan fingerprint density at radius 1 is 0.473 bits per heavy atom. The summed E-state index contributed by atoms with van der Waals surface area (Å²) in [5.74, 6) is 1.95. The number of hydrogen-bond acceptors (Lipinski definition) is 5. The van der Waals surface area contributed by atoms with Gasteiger partial charge in [0.1, 0.15) is 5.01 Å². The zero-order valence-corrected chi connectivity index (χ0v) is 31.0. The smallest absolute Gasteiger partial charge is 0.164 e. The molecule has 11 rings (SSSR count). The predicted molar refractivity (Wildman–Crippen MR) is 227 cm³/mol. The van der Waals surface area contributed by atoms with Gasteiger partial charge in [-0.2, -0.15) is 0 Å². The number of hydrogen-bond donors (Lipinski definition) is 0. The Kier molecular flexibility index (Phi) is 7.00. The Bertz CT molecular complexity index is 3050. The molecule has 3 aromatic heterocycles. The van der Waals surface area contributed by atoms with Gasteiger partial charge in [0.05, 0.1) is 21.3 Å². The van der Waals surface area contributed by atoms with Crippen molar-refractivity contribution in [1.29, 1.82) is 0 Å². The fourth-order valence-corrected chi connectivity index (χ4v) is 9.50. The summed E-state index contributed by atoms with van der Waals surface area (Å²) in [7, 11) is 0. The molecule has 0 fully saturated rings. The van der Waals surface area contributed by atoms with Gasteiger partial charge in [-0.3, -0.25) is 0 Å². The lowest BCUT2D eigenvalue weighted by molar-refractivity contribution is 0.660. The van der Waals surface area contributed by atoms with Crippen LogP contribution in [0.4, 0.5) is 0 Å². The highest BCUT2D eigenvalue weighted by molar-refractivity contribution is 7.22. The fourth-order valence-electron chi connectivity index (χ4n) is 8.36. The first-order valence-corrected chi connectivity index (χ1v) is 19.4. The Morgan fingerprint density at radius 3 is 1.76 bits per heavy atom. The molecule has 0 bridgehead atoms. The molecule has 260 valence electrons. The summed E-state index contributed by atoms with van der Waals surface area (Å²) in [4.78, 5) is 20.1. The Balaban J connectivity index is 1.06. The van der Waals surface area contributed by atoms with Crippen molar-refractivity contribution < 1.29 is 0 Å². The van der Waals surface area contributed by atoms with Crippen LogP contribution in [-0.4, -0.2) is 24.5 Å². The molecule has 0 aliphatic heterocycles. The van der Waals surface area contributed by atoms with Crippen molar-refractivity contribution in [3.05, 3.63) is 175 Å². The number of fused-ring (bicyclic) bond motifs is 8. The van der Waals surface area contributed by atoms with E-state index in [2.05, 4.69) is 122 Å². The highest BCUT2D eigenvalue weighted by atomic mass is 32.1. The average molecular weight is 724 g/mol. The molecule has 0 spiro atoms. The van der Waals surface area contributed by atoms with E-state index < -0.39 is 0 Å². The van der Waals surface area contributed by atoms with Crippen molar-refractivity contribution >= 4 is 43.4 Å². The quantitative estimate of drug-likeness (QED) is 0.177. The van der Waals surface area contributed by atoms with Crippen LogP contribution in [0, 0.1) is 0 Å². The summed E-state index contributed by atoms with van der Waals surface area (Å²) in [6.07, 6.45) is 0. The molecular formula is C49H33N5S. The minimum atomic E-state index is -0.177. The van der Waals surface area contributed by atoms with Crippen LogP contribution in [0.3, 0.4) is 0 Å². The molecule has 0 saturated heterocycles. The van der Waals surface area contributed by atoms with Crippen molar-refractivity contribution in [1.82, 2.24) is 24.5 Å². The van der Waals surface area contributed by atoms with E-state index in [1.54, 1.807) is 11.3 Å². The van der Waals surface area contributed by atoms with Gasteiger partial charge in [-0.15, -0.1) is 11.3 Å². The zero-order valence-electron chi connectivity index (χ0n) is 30.2. The van der Waals surface area contributed by atoms with Crippen LogP contribution in [0.1, 0.15) is 25.0 Å². The minimum Gasteiger partial charge on any atom is -0.309 e. The molecule has 3 heterocycles. The number of aromatic nitrogens is 5. The third-order valence-corrected chi connectivity index (χ3v) is 12.2. The maximum absolute atomic E-state index is 5.08. The molecule has 0 N–H and O–H groups in total. The highest BCUT2D eigenvalue weighted by Crippen LogP contribution is 2.53. The molecule has 7 aromatic carbocycles. The summed E-state index contributed by atoms with van der Waals surface area (Å²) in [6, 6.07) is 57.6. The van der Waals surface area contributed by atoms with Crippen LogP contribution in [0.25, 0.3) is 93.6 Å². The van der Waals surface area contributed by atoms with Crippen molar-refractivity contribution in [3.8, 4) is 61.5 Å². The second-order valence-corrected chi connectivity index (χ2v) is 15.7. The van der Waals surface area contributed by atoms with Crippen LogP contribution < -0.4 is 0 Å². The maximum atomic E-state index is 5.08. The average Bonchev–Trinajstić information content (AvgIpc) is 3.90. The number of para-hydroxylation sites is 1. The second kappa shape index (κ2) is 12.1. The fraction of sp³-hybridized carbons (Fsp3) is 0.0612. The molecule has 5 nitrogen and oxygen atoms in total. The predicted octanol–water partition coefficient (Wildman–Crippen LogP) is 12.6. The first-order chi connectivity index (χ1) is 27.0. The second-order valence-electron chi connectivity index (χ2n) is 14.7. The van der Waals surface area contributed by atoms with Gasteiger partial charge in [0.25, 0.3) is 0 Å². The first kappa shape index (κ1) is 31.7. The lowest BCUT2D eigenvalue weighted by Crippen LogP contribution is -2.15. The number of rotatable bonds is 5. The summed E-state index contributed by atoms with van der Waals surface area (Å²) in [5.41, 5.74) is 13.6. The number of benzene rings is 7. The first-order valence-electron chi connectivity index (χ1n) is 18.6. The van der Waals surface area contributed by atoms with E-state index in [0.717, 1.165) is 54.9 Å². The van der Waals surface area contributed by atoms with Gasteiger partial charge in [-0.25, -0.2) is 19.9 Å². The molecule has 1 aliphatic rings. The Hall–Kier alpha value is -6.76. The molecule has 0 amide bonds. The molecule has 0 radical (unpaired) electrons. The van der Waals surface area contributed by atoms with Gasteiger partial charge in [0.2, 0.25) is 0 Å². The molecule has 0 unspecified atom stereocenters. The molecule has 10 aromatic rings. The van der Waals surface area contributed by atoms with Crippen LogP contribution in [0.15, 0.2) is 164 Å². The molecule has 0 saturated carbocycles. The molecule has 6 heteroatoms. The summed E-state index contributed by atoms with van der Waals surface area (Å²) in [5, 5.41) is 3.39. The zero-order chi connectivity index (χ0) is 36.7. The molecular weight excluding hydrogens is 691 g/mol. The van der Waals surface area contributed by atoms with Gasteiger partial charge in [-0.1, -0.05) is 135 Å². The topological polar surface area (TPSA) is 56.5 Å². The van der Waals surface area contributed by atoms with Crippen LogP contribution >= 0.6 is 11.3 Å². The Labute approximate surface area is 322 Å². The number of nitrogens with zero attached hydrogens (tertiary/aromatic N) is 5. The SMILES string of the molecule is CC1(C)c2cc(-n3c4ccccc4c4cc(-c5nc(-c6ccccc6)nc(-c6ccccc6)n5)ccc43)ccc2-c2c1ccc1nc(-c3ccccc3)sc21. The van der Waals surface area contributed by atoms with Gasteiger partial charge >= 0.3 is 0 Å². The van der Waals surface area contributed by atoms with E-state index in [1.165, 1.54) is 32.3 Å². The maximum Gasteiger partial charge on any atom is 0.164 e. The van der Waals surface area contributed by atoms with Gasteiger partial charge < -0.3 is 4.57 Å². The highest BCUT2D eigenvalue weighted by Gasteiger charge is 2.37.